The fourth-order valence-corrected chi connectivity index (χ4v) is 2.19. The van der Waals surface area contributed by atoms with Gasteiger partial charge < -0.3 is 20.1 Å². The number of ether oxygens (including phenoxy) is 2. The molecule has 7 heteroatoms. The van der Waals surface area contributed by atoms with E-state index in [4.69, 9.17) is 15.2 Å². The van der Waals surface area contributed by atoms with Gasteiger partial charge in [0.2, 0.25) is 0 Å². The molecule has 2 aromatic rings. The number of anilines is 1. The fourth-order valence-electron chi connectivity index (χ4n) is 2.19. The molecule has 21 heavy (non-hydrogen) atoms. The number of fused-ring (bicyclic) bond motifs is 1. The third kappa shape index (κ3) is 2.76. The van der Waals surface area contributed by atoms with Crippen molar-refractivity contribution in [2.24, 2.45) is 0 Å². The van der Waals surface area contributed by atoms with Crippen LogP contribution in [0.2, 0.25) is 0 Å². The first-order chi connectivity index (χ1) is 10.1. The molecule has 2 heterocycles. The van der Waals surface area contributed by atoms with Gasteiger partial charge >= 0.3 is 0 Å². The number of rotatable bonds is 3. The zero-order valence-corrected chi connectivity index (χ0v) is 11.6. The molecule has 1 aromatic heterocycles. The van der Waals surface area contributed by atoms with Gasteiger partial charge in [-0.25, -0.2) is 0 Å². The Morgan fingerprint density at radius 1 is 1.48 bits per heavy atom. The molecular formula is C14H16N4O3. The first kappa shape index (κ1) is 13.3. The monoisotopic (exact) mass is 288 g/mol. The molecule has 0 aliphatic carbocycles. The smallest absolute Gasteiger partial charge is 0.271 e. The quantitative estimate of drug-likeness (QED) is 0.875. The summed E-state index contributed by atoms with van der Waals surface area (Å²) in [5, 5.41) is 6.35. The Bertz CT molecular complexity index is 655. The number of H-pyrrole nitrogens is 1. The Hall–Kier alpha value is -2.70. The van der Waals surface area contributed by atoms with Crippen molar-refractivity contribution < 1.29 is 14.3 Å². The molecule has 0 radical (unpaired) electrons. The largest absolute Gasteiger partial charge is 0.486 e. The Balaban J connectivity index is 1.63. The lowest BCUT2D eigenvalue weighted by atomic mass is 10.2. The molecule has 110 valence electrons. The maximum atomic E-state index is 12.2. The van der Waals surface area contributed by atoms with Gasteiger partial charge in [-0.2, -0.15) is 5.10 Å². The van der Waals surface area contributed by atoms with Gasteiger partial charge in [0, 0.05) is 13.1 Å². The molecule has 1 amide bonds. The Labute approximate surface area is 121 Å². The number of amides is 1. The number of hydrogen-bond acceptors (Lipinski definition) is 5. The minimum absolute atomic E-state index is 0.193. The third-order valence-corrected chi connectivity index (χ3v) is 3.22. The Kier molecular flexibility index (Phi) is 3.39. The lowest BCUT2D eigenvalue weighted by Crippen LogP contribution is -2.41. The van der Waals surface area contributed by atoms with Crippen molar-refractivity contribution in [2.45, 2.75) is 6.10 Å². The van der Waals surface area contributed by atoms with Gasteiger partial charge in [0.1, 0.15) is 18.1 Å². The molecule has 3 rings (SSSR count). The second kappa shape index (κ2) is 5.35. The number of para-hydroxylation sites is 2. The Morgan fingerprint density at radius 2 is 2.24 bits per heavy atom. The highest BCUT2D eigenvalue weighted by molar-refractivity contribution is 5.92. The van der Waals surface area contributed by atoms with Crippen LogP contribution in [0, 0.1) is 0 Å². The maximum Gasteiger partial charge on any atom is 0.271 e. The summed E-state index contributed by atoms with van der Waals surface area (Å²) in [4.78, 5) is 13.7. The highest BCUT2D eigenvalue weighted by Crippen LogP contribution is 2.30. The number of hydrogen-bond donors (Lipinski definition) is 2. The fraction of sp³-hybridized carbons (Fsp3) is 0.286. The molecule has 1 aliphatic heterocycles. The van der Waals surface area contributed by atoms with Crippen LogP contribution in [-0.4, -0.2) is 47.3 Å². The second-order valence-electron chi connectivity index (χ2n) is 4.89. The number of benzene rings is 1. The number of nitrogen functional groups attached to an aromatic ring is 1. The summed E-state index contributed by atoms with van der Waals surface area (Å²) >= 11 is 0. The van der Waals surface area contributed by atoms with E-state index in [0.717, 1.165) is 5.75 Å². The average molecular weight is 288 g/mol. The van der Waals surface area contributed by atoms with Crippen molar-refractivity contribution in [3.05, 3.63) is 36.0 Å². The van der Waals surface area contributed by atoms with Crippen molar-refractivity contribution in [3.8, 4) is 11.5 Å². The summed E-state index contributed by atoms with van der Waals surface area (Å²) in [6.07, 6.45) is -0.214. The average Bonchev–Trinajstić information content (AvgIpc) is 2.93. The van der Waals surface area contributed by atoms with Crippen molar-refractivity contribution in [2.75, 3.05) is 25.9 Å². The van der Waals surface area contributed by atoms with E-state index >= 15 is 0 Å². The van der Waals surface area contributed by atoms with Crippen molar-refractivity contribution >= 4 is 11.7 Å². The first-order valence-electron chi connectivity index (χ1n) is 6.58. The number of nitrogens with zero attached hydrogens (tertiary/aromatic N) is 2. The molecular weight excluding hydrogens is 272 g/mol. The van der Waals surface area contributed by atoms with Crippen LogP contribution >= 0.6 is 0 Å². The molecule has 0 saturated carbocycles. The third-order valence-electron chi connectivity index (χ3n) is 3.22. The van der Waals surface area contributed by atoms with Gasteiger partial charge in [0.25, 0.3) is 5.91 Å². The van der Waals surface area contributed by atoms with Gasteiger partial charge in [-0.3, -0.25) is 9.89 Å². The molecule has 1 unspecified atom stereocenters. The highest BCUT2D eigenvalue weighted by atomic mass is 16.6. The van der Waals surface area contributed by atoms with Crippen LogP contribution in [0.5, 0.6) is 11.5 Å². The van der Waals surface area contributed by atoms with E-state index in [-0.39, 0.29) is 17.8 Å². The topological polar surface area (TPSA) is 93.5 Å². The second-order valence-corrected chi connectivity index (χ2v) is 4.89. The molecule has 0 saturated heterocycles. The van der Waals surface area contributed by atoms with E-state index in [1.54, 1.807) is 11.9 Å². The lowest BCUT2D eigenvalue weighted by Gasteiger charge is -2.29. The van der Waals surface area contributed by atoms with Gasteiger partial charge in [0.15, 0.2) is 17.6 Å². The summed E-state index contributed by atoms with van der Waals surface area (Å²) < 4.78 is 11.4. The van der Waals surface area contributed by atoms with Crippen LogP contribution in [0.3, 0.4) is 0 Å². The van der Waals surface area contributed by atoms with Crippen molar-refractivity contribution in [3.63, 3.8) is 0 Å². The normalized spacial score (nSPS) is 16.5. The summed E-state index contributed by atoms with van der Waals surface area (Å²) in [7, 11) is 1.70. The zero-order chi connectivity index (χ0) is 14.8. The summed E-state index contributed by atoms with van der Waals surface area (Å²) in [6.45, 7) is 0.811. The van der Waals surface area contributed by atoms with E-state index in [2.05, 4.69) is 10.2 Å². The predicted molar refractivity (Wildman–Crippen MR) is 76.3 cm³/mol. The van der Waals surface area contributed by atoms with Gasteiger partial charge in [0.05, 0.1) is 6.54 Å². The molecule has 0 spiro atoms. The van der Waals surface area contributed by atoms with Crippen LogP contribution < -0.4 is 15.2 Å². The number of aromatic nitrogens is 2. The lowest BCUT2D eigenvalue weighted by molar-refractivity contribution is 0.0517. The van der Waals surface area contributed by atoms with Crippen LogP contribution in [0.4, 0.5) is 5.82 Å². The van der Waals surface area contributed by atoms with Gasteiger partial charge in [-0.1, -0.05) is 12.1 Å². The SMILES string of the molecule is CN(CC1COc2ccccc2O1)C(=O)c1cc(N)n[nH]1. The van der Waals surface area contributed by atoms with Crippen LogP contribution in [0.25, 0.3) is 0 Å². The van der Waals surface area contributed by atoms with Crippen molar-refractivity contribution in [1.82, 2.24) is 15.1 Å². The summed E-state index contributed by atoms with van der Waals surface area (Å²) in [5.41, 5.74) is 5.85. The first-order valence-corrected chi connectivity index (χ1v) is 6.58. The van der Waals surface area contributed by atoms with Crippen LogP contribution in [-0.2, 0) is 0 Å². The minimum atomic E-state index is -0.214. The number of nitrogens with two attached hydrogens (primary N) is 1. The number of carbonyl (C=O) groups excluding carboxylic acids is 1. The van der Waals surface area contributed by atoms with E-state index in [0.29, 0.717) is 24.6 Å². The standard InChI is InChI=1S/C14H16N4O3/c1-18(14(19)10-6-13(15)17-16-10)7-9-8-20-11-4-2-3-5-12(11)21-9/h2-6,9H,7-8H2,1H3,(H3,15,16,17). The molecule has 1 atom stereocenters. The zero-order valence-electron chi connectivity index (χ0n) is 11.6. The number of aromatic amines is 1. The van der Waals surface area contributed by atoms with E-state index < -0.39 is 0 Å². The predicted octanol–water partition coefficient (Wildman–Crippen LogP) is 0.904. The van der Waals surface area contributed by atoms with E-state index in [9.17, 15) is 4.79 Å². The van der Waals surface area contributed by atoms with Gasteiger partial charge in [-0.05, 0) is 12.1 Å². The van der Waals surface area contributed by atoms with E-state index in [1.807, 2.05) is 24.3 Å². The maximum absolute atomic E-state index is 12.2. The van der Waals surface area contributed by atoms with Crippen molar-refractivity contribution in [1.29, 1.82) is 0 Å². The number of likely N-dealkylation sites (N-methyl/N-ethyl adjacent to an activating group) is 1. The summed E-state index contributed by atoms with van der Waals surface area (Å²) in [6, 6.07) is 8.98. The Morgan fingerprint density at radius 3 is 2.95 bits per heavy atom. The van der Waals surface area contributed by atoms with Crippen LogP contribution in [0.1, 0.15) is 10.5 Å². The molecule has 0 bridgehead atoms. The number of nitrogens with one attached hydrogen (secondary N) is 1. The number of carbonyl (C=O) groups is 1. The molecule has 1 aliphatic rings. The molecule has 1 aromatic carbocycles. The summed E-state index contributed by atoms with van der Waals surface area (Å²) in [5.74, 6) is 1.52. The molecule has 3 N–H and O–H groups in total. The molecule has 7 nitrogen and oxygen atoms in total. The van der Waals surface area contributed by atoms with Crippen LogP contribution in [0.15, 0.2) is 30.3 Å². The highest BCUT2D eigenvalue weighted by Gasteiger charge is 2.24. The molecule has 0 fully saturated rings. The minimum Gasteiger partial charge on any atom is -0.486 e. The van der Waals surface area contributed by atoms with E-state index in [1.165, 1.54) is 6.07 Å². The van der Waals surface area contributed by atoms with Gasteiger partial charge in [-0.15, -0.1) is 0 Å².